The molecule has 37 heavy (non-hydrogen) atoms. The van der Waals surface area contributed by atoms with Gasteiger partial charge in [-0.05, 0) is 81.7 Å². The standard InChI is InChI=1S/C26H32FN7O2S/c1-14-21(15(2)33-32-14)18-8-9-20(29-24(18)27)30-26(36)23(22(16-4-5-16)17-6-7-17)31-25(35)19-10-11-28-34(19)12-13-37-3/h8-11,16-17,22-23H,4-7,12-13H2,1-3H3,(H,31,35)(H,32,33)(H,29,30,36)/t23-/m0/s1. The van der Waals surface area contributed by atoms with E-state index in [1.54, 1.807) is 47.8 Å². The van der Waals surface area contributed by atoms with E-state index in [2.05, 4.69) is 30.9 Å². The van der Waals surface area contributed by atoms with Crippen molar-refractivity contribution < 1.29 is 14.0 Å². The summed E-state index contributed by atoms with van der Waals surface area (Å²) in [6.45, 7) is 4.22. The lowest BCUT2D eigenvalue weighted by Crippen LogP contribution is -2.50. The van der Waals surface area contributed by atoms with E-state index in [9.17, 15) is 9.59 Å². The molecule has 9 nitrogen and oxygen atoms in total. The number of H-pyrrole nitrogens is 1. The third-order valence-corrected chi connectivity index (χ3v) is 7.83. The van der Waals surface area contributed by atoms with Crippen LogP contribution in [-0.4, -0.2) is 54.8 Å². The number of anilines is 1. The quantitative estimate of drug-likeness (QED) is 0.326. The zero-order valence-corrected chi connectivity index (χ0v) is 22.1. The molecule has 3 aromatic rings. The smallest absolute Gasteiger partial charge is 0.270 e. The topological polar surface area (TPSA) is 118 Å². The van der Waals surface area contributed by atoms with Crippen molar-refractivity contribution in [1.82, 2.24) is 30.3 Å². The zero-order chi connectivity index (χ0) is 26.1. The number of aromatic nitrogens is 5. The van der Waals surface area contributed by atoms with Crippen molar-refractivity contribution in [2.75, 3.05) is 17.3 Å². The van der Waals surface area contributed by atoms with Crippen molar-refractivity contribution in [3.05, 3.63) is 47.4 Å². The Morgan fingerprint density at radius 3 is 2.51 bits per heavy atom. The summed E-state index contributed by atoms with van der Waals surface area (Å²) >= 11 is 1.67. The van der Waals surface area contributed by atoms with Crippen LogP contribution in [0.1, 0.15) is 47.6 Å². The summed E-state index contributed by atoms with van der Waals surface area (Å²) in [6, 6.07) is 4.12. The second kappa shape index (κ2) is 10.6. The molecule has 196 valence electrons. The molecule has 2 amide bonds. The lowest BCUT2D eigenvalue weighted by Gasteiger charge is -2.27. The Labute approximate surface area is 219 Å². The van der Waals surface area contributed by atoms with E-state index in [0.29, 0.717) is 40.9 Å². The molecule has 0 aliphatic heterocycles. The molecule has 0 radical (unpaired) electrons. The molecule has 5 rings (SSSR count). The minimum Gasteiger partial charge on any atom is -0.339 e. The van der Waals surface area contributed by atoms with Crippen LogP contribution in [-0.2, 0) is 11.3 Å². The van der Waals surface area contributed by atoms with E-state index in [1.807, 2.05) is 13.2 Å². The second-order valence-corrected chi connectivity index (χ2v) is 11.0. The molecule has 2 saturated carbocycles. The number of thioether (sulfide) groups is 1. The van der Waals surface area contributed by atoms with Crippen LogP contribution >= 0.6 is 11.8 Å². The summed E-state index contributed by atoms with van der Waals surface area (Å²) in [4.78, 5) is 30.9. The van der Waals surface area contributed by atoms with Crippen LogP contribution in [0.2, 0.25) is 0 Å². The van der Waals surface area contributed by atoms with E-state index < -0.39 is 12.0 Å². The SMILES string of the molecule is CSCCn1nccc1C(=O)N[C@H](C(=O)Nc1ccc(-c2c(C)n[nH]c2C)c(F)n1)C(C1CC1)C1CC1. The molecule has 3 N–H and O–H groups in total. The van der Waals surface area contributed by atoms with Crippen LogP contribution in [0.4, 0.5) is 10.2 Å². The lowest BCUT2D eigenvalue weighted by molar-refractivity contribution is -0.119. The first-order valence-corrected chi connectivity index (χ1v) is 14.1. The molecular weight excluding hydrogens is 493 g/mol. The van der Waals surface area contributed by atoms with Gasteiger partial charge in [-0.15, -0.1) is 0 Å². The first kappa shape index (κ1) is 25.4. The van der Waals surface area contributed by atoms with Crippen molar-refractivity contribution >= 4 is 29.4 Å². The minimum absolute atomic E-state index is 0.0480. The fraction of sp³-hybridized carbons (Fsp3) is 0.500. The van der Waals surface area contributed by atoms with E-state index >= 15 is 4.39 Å². The van der Waals surface area contributed by atoms with E-state index in [1.165, 1.54) is 0 Å². The van der Waals surface area contributed by atoms with Crippen LogP contribution in [0.25, 0.3) is 11.1 Å². The highest BCUT2D eigenvalue weighted by Crippen LogP contribution is 2.51. The fourth-order valence-corrected chi connectivity index (χ4v) is 5.52. The third-order valence-electron chi connectivity index (χ3n) is 7.24. The number of aromatic amines is 1. The van der Waals surface area contributed by atoms with Crippen molar-refractivity contribution in [1.29, 1.82) is 0 Å². The first-order chi connectivity index (χ1) is 17.9. The fourth-order valence-electron chi connectivity index (χ4n) is 5.17. The molecule has 3 aromatic heterocycles. The number of carbonyl (C=O) groups excluding carboxylic acids is 2. The minimum atomic E-state index is -0.737. The van der Waals surface area contributed by atoms with Gasteiger partial charge in [-0.1, -0.05) is 0 Å². The highest BCUT2D eigenvalue weighted by molar-refractivity contribution is 7.98. The van der Waals surface area contributed by atoms with Crippen LogP contribution in [0.15, 0.2) is 24.4 Å². The summed E-state index contributed by atoms with van der Waals surface area (Å²) in [5.74, 6) is 0.404. The van der Waals surface area contributed by atoms with Crippen molar-refractivity contribution in [2.24, 2.45) is 17.8 Å². The predicted molar refractivity (Wildman–Crippen MR) is 141 cm³/mol. The molecule has 3 heterocycles. The number of pyridine rings is 1. The molecule has 2 aliphatic rings. The molecule has 0 unspecified atom stereocenters. The molecular formula is C26H32FN7O2S. The van der Waals surface area contributed by atoms with Gasteiger partial charge >= 0.3 is 0 Å². The molecule has 1 atom stereocenters. The van der Waals surface area contributed by atoms with Crippen molar-refractivity contribution in [3.8, 4) is 11.1 Å². The largest absolute Gasteiger partial charge is 0.339 e. The number of rotatable bonds is 11. The van der Waals surface area contributed by atoms with Crippen LogP contribution in [0, 0.1) is 37.5 Å². The number of carbonyl (C=O) groups is 2. The number of aryl methyl sites for hydroxylation is 3. The number of nitrogens with zero attached hydrogens (tertiary/aromatic N) is 4. The normalized spacial score (nSPS) is 16.1. The molecule has 2 aliphatic carbocycles. The molecule has 0 bridgehead atoms. The molecule has 11 heteroatoms. The van der Waals surface area contributed by atoms with Gasteiger partial charge in [0, 0.05) is 28.8 Å². The summed E-state index contributed by atoms with van der Waals surface area (Å²) in [7, 11) is 0. The average Bonchev–Trinajstić information content (AvgIpc) is 3.80. The molecule has 2 fully saturated rings. The van der Waals surface area contributed by atoms with E-state index in [4.69, 9.17) is 0 Å². The van der Waals surface area contributed by atoms with E-state index in [0.717, 1.165) is 37.1 Å². The summed E-state index contributed by atoms with van der Waals surface area (Å²) < 4.78 is 16.7. The van der Waals surface area contributed by atoms with Crippen molar-refractivity contribution in [3.63, 3.8) is 0 Å². The van der Waals surface area contributed by atoms with Gasteiger partial charge in [-0.2, -0.15) is 26.3 Å². The zero-order valence-electron chi connectivity index (χ0n) is 21.3. The Morgan fingerprint density at radius 2 is 1.92 bits per heavy atom. The number of hydrogen-bond acceptors (Lipinski definition) is 6. The van der Waals surface area contributed by atoms with Gasteiger partial charge in [-0.25, -0.2) is 4.98 Å². The Bertz CT molecular complexity index is 1270. The van der Waals surface area contributed by atoms with Gasteiger partial charge in [0.15, 0.2) is 0 Å². The van der Waals surface area contributed by atoms with Gasteiger partial charge in [-0.3, -0.25) is 19.4 Å². The van der Waals surface area contributed by atoms with Gasteiger partial charge in [0.1, 0.15) is 17.6 Å². The first-order valence-electron chi connectivity index (χ1n) is 12.7. The maximum atomic E-state index is 15.0. The number of halogens is 1. The lowest BCUT2D eigenvalue weighted by atomic mass is 9.88. The highest BCUT2D eigenvalue weighted by atomic mass is 32.2. The van der Waals surface area contributed by atoms with E-state index in [-0.39, 0.29) is 23.6 Å². The van der Waals surface area contributed by atoms with Crippen LogP contribution < -0.4 is 10.6 Å². The van der Waals surface area contributed by atoms with Gasteiger partial charge in [0.05, 0.1) is 12.2 Å². The second-order valence-electron chi connectivity index (χ2n) is 9.97. The number of nitrogens with one attached hydrogen (secondary N) is 3. The summed E-state index contributed by atoms with van der Waals surface area (Å²) in [6.07, 6.45) is 7.81. The number of hydrogen-bond donors (Lipinski definition) is 3. The Hall–Kier alpha value is -3.21. The van der Waals surface area contributed by atoms with Crippen LogP contribution in [0.3, 0.4) is 0 Å². The maximum absolute atomic E-state index is 15.0. The Kier molecular flexibility index (Phi) is 7.32. The monoisotopic (exact) mass is 525 g/mol. The van der Waals surface area contributed by atoms with Gasteiger partial charge in [0.2, 0.25) is 11.9 Å². The molecule has 0 aromatic carbocycles. The Morgan fingerprint density at radius 1 is 1.19 bits per heavy atom. The predicted octanol–water partition coefficient (Wildman–Crippen LogP) is 3.96. The maximum Gasteiger partial charge on any atom is 0.270 e. The molecule has 0 saturated heterocycles. The average molecular weight is 526 g/mol. The van der Waals surface area contributed by atoms with Gasteiger partial charge in [0.25, 0.3) is 5.91 Å². The third kappa shape index (κ3) is 5.56. The molecule has 0 spiro atoms. The van der Waals surface area contributed by atoms with Gasteiger partial charge < -0.3 is 10.6 Å². The van der Waals surface area contributed by atoms with Crippen LogP contribution in [0.5, 0.6) is 0 Å². The number of amides is 2. The highest BCUT2D eigenvalue weighted by Gasteiger charge is 2.48. The summed E-state index contributed by atoms with van der Waals surface area (Å²) in [5.41, 5.74) is 2.82. The Balaban J connectivity index is 1.37. The summed E-state index contributed by atoms with van der Waals surface area (Å²) in [5, 5.41) is 17.0. The van der Waals surface area contributed by atoms with Crippen molar-refractivity contribution in [2.45, 2.75) is 52.1 Å².